The molecule has 2 heterocycles. The molecule has 0 saturated carbocycles. The van der Waals surface area contributed by atoms with E-state index in [-0.39, 0.29) is 11.9 Å². The minimum Gasteiger partial charge on any atom is -0.469 e. The van der Waals surface area contributed by atoms with Gasteiger partial charge in [0.1, 0.15) is 5.82 Å². The number of aromatic nitrogens is 1. The number of esters is 1. The van der Waals surface area contributed by atoms with Crippen LogP contribution in [-0.2, 0) is 9.53 Å². The van der Waals surface area contributed by atoms with E-state index in [1.165, 1.54) is 7.11 Å². The second-order valence-corrected chi connectivity index (χ2v) is 5.16. The highest BCUT2D eigenvalue weighted by Gasteiger charge is 2.30. The van der Waals surface area contributed by atoms with Gasteiger partial charge in [0.15, 0.2) is 0 Å². The Kier molecular flexibility index (Phi) is 3.66. The molecule has 1 aliphatic rings. The van der Waals surface area contributed by atoms with Crippen molar-refractivity contribution in [1.29, 1.82) is 0 Å². The molecule has 1 fully saturated rings. The number of pyridine rings is 1. The highest BCUT2D eigenvalue weighted by Crippen LogP contribution is 2.26. The molecule has 1 saturated heterocycles. The highest BCUT2D eigenvalue weighted by atomic mass is 79.9. The van der Waals surface area contributed by atoms with Crippen LogP contribution in [0.3, 0.4) is 0 Å². The van der Waals surface area contributed by atoms with E-state index in [9.17, 15) is 4.79 Å². The van der Waals surface area contributed by atoms with E-state index in [0.29, 0.717) is 6.54 Å². The number of methoxy groups -OCH3 is 1. The van der Waals surface area contributed by atoms with Gasteiger partial charge >= 0.3 is 5.97 Å². The lowest BCUT2D eigenvalue weighted by atomic mass is 10.1. The summed E-state index contributed by atoms with van der Waals surface area (Å²) in [7, 11) is 1.44. The van der Waals surface area contributed by atoms with Gasteiger partial charge in [-0.25, -0.2) is 4.98 Å². The van der Waals surface area contributed by atoms with Crippen molar-refractivity contribution in [3.8, 4) is 0 Å². The summed E-state index contributed by atoms with van der Waals surface area (Å²) in [6, 6.07) is 2.04. The zero-order chi connectivity index (χ0) is 12.4. The maximum atomic E-state index is 11.5. The summed E-state index contributed by atoms with van der Waals surface area (Å²) in [4.78, 5) is 18.0. The molecule has 0 spiro atoms. The zero-order valence-electron chi connectivity index (χ0n) is 9.94. The molecule has 0 bridgehead atoms. The fourth-order valence-corrected chi connectivity index (χ4v) is 2.62. The maximum Gasteiger partial charge on any atom is 0.310 e. The van der Waals surface area contributed by atoms with E-state index in [2.05, 4.69) is 25.8 Å². The quantitative estimate of drug-likeness (QED) is 0.785. The Morgan fingerprint density at radius 3 is 3.06 bits per heavy atom. The first-order chi connectivity index (χ1) is 8.11. The molecule has 0 amide bonds. The molecule has 1 unspecified atom stereocenters. The number of ether oxygens (including phenoxy) is 1. The lowest BCUT2D eigenvalue weighted by Crippen LogP contribution is -2.24. The smallest absolute Gasteiger partial charge is 0.310 e. The van der Waals surface area contributed by atoms with Crippen molar-refractivity contribution in [3.05, 3.63) is 22.3 Å². The molecular formula is C12H15BrN2O2. The SMILES string of the molecule is COC(=O)C1CCN(c2ncc(Br)cc2C)C1. The Bertz CT molecular complexity index is 437. The van der Waals surface area contributed by atoms with Crippen LogP contribution in [0.4, 0.5) is 5.82 Å². The molecule has 1 atom stereocenters. The Balaban J connectivity index is 2.12. The second kappa shape index (κ2) is 5.04. The summed E-state index contributed by atoms with van der Waals surface area (Å²) in [5.74, 6) is 0.812. The first-order valence-electron chi connectivity index (χ1n) is 5.56. The number of halogens is 1. The van der Waals surface area contributed by atoms with Gasteiger partial charge in [0.05, 0.1) is 13.0 Å². The molecule has 0 aromatic carbocycles. The molecule has 1 aliphatic heterocycles. The van der Waals surface area contributed by atoms with Crippen LogP contribution in [0, 0.1) is 12.8 Å². The van der Waals surface area contributed by atoms with E-state index < -0.39 is 0 Å². The average Bonchev–Trinajstić information content (AvgIpc) is 2.77. The molecule has 1 aromatic rings. The molecule has 0 aliphatic carbocycles. The minimum atomic E-state index is -0.123. The molecular weight excluding hydrogens is 284 g/mol. The number of carbonyl (C=O) groups excluding carboxylic acids is 1. The van der Waals surface area contributed by atoms with Gasteiger partial charge in [0, 0.05) is 23.8 Å². The average molecular weight is 299 g/mol. The number of carbonyl (C=O) groups is 1. The number of nitrogens with zero attached hydrogens (tertiary/aromatic N) is 2. The van der Waals surface area contributed by atoms with Crippen molar-refractivity contribution in [1.82, 2.24) is 4.98 Å². The predicted octanol–water partition coefficient (Wildman–Crippen LogP) is 2.15. The molecule has 17 heavy (non-hydrogen) atoms. The largest absolute Gasteiger partial charge is 0.469 e. The number of aryl methyl sites for hydroxylation is 1. The molecule has 4 nitrogen and oxygen atoms in total. The third kappa shape index (κ3) is 2.60. The van der Waals surface area contributed by atoms with Gasteiger partial charge in [0.2, 0.25) is 0 Å². The third-order valence-electron chi connectivity index (χ3n) is 3.04. The van der Waals surface area contributed by atoms with Crippen LogP contribution in [0.15, 0.2) is 16.7 Å². The third-order valence-corrected chi connectivity index (χ3v) is 3.47. The van der Waals surface area contributed by atoms with Gasteiger partial charge in [-0.3, -0.25) is 4.79 Å². The van der Waals surface area contributed by atoms with Crippen molar-refractivity contribution in [2.45, 2.75) is 13.3 Å². The standard InChI is InChI=1S/C12H15BrN2O2/c1-8-5-10(13)6-14-11(8)15-4-3-9(7-15)12(16)17-2/h5-6,9H,3-4,7H2,1-2H3. The van der Waals surface area contributed by atoms with Crippen LogP contribution >= 0.6 is 15.9 Å². The Hall–Kier alpha value is -1.10. The van der Waals surface area contributed by atoms with Gasteiger partial charge in [-0.05, 0) is 40.9 Å². The first kappa shape index (κ1) is 12.4. The topological polar surface area (TPSA) is 42.4 Å². The van der Waals surface area contributed by atoms with Crippen molar-refractivity contribution in [2.75, 3.05) is 25.1 Å². The van der Waals surface area contributed by atoms with Crippen molar-refractivity contribution in [3.63, 3.8) is 0 Å². The number of rotatable bonds is 2. The van der Waals surface area contributed by atoms with Crippen LogP contribution in [0.1, 0.15) is 12.0 Å². The Morgan fingerprint density at radius 1 is 1.65 bits per heavy atom. The van der Waals surface area contributed by atoms with Crippen LogP contribution in [0.5, 0.6) is 0 Å². The van der Waals surface area contributed by atoms with Crippen molar-refractivity contribution in [2.24, 2.45) is 5.92 Å². The lowest BCUT2D eigenvalue weighted by molar-refractivity contribution is -0.144. The normalized spacial score (nSPS) is 19.5. The number of hydrogen-bond donors (Lipinski definition) is 0. The van der Waals surface area contributed by atoms with E-state index in [4.69, 9.17) is 4.74 Å². The predicted molar refractivity (Wildman–Crippen MR) is 69.0 cm³/mol. The second-order valence-electron chi connectivity index (χ2n) is 4.25. The highest BCUT2D eigenvalue weighted by molar-refractivity contribution is 9.10. The van der Waals surface area contributed by atoms with Gasteiger partial charge in [-0.15, -0.1) is 0 Å². The van der Waals surface area contributed by atoms with E-state index in [1.54, 1.807) is 6.20 Å². The lowest BCUT2D eigenvalue weighted by Gasteiger charge is -2.19. The van der Waals surface area contributed by atoms with Gasteiger partial charge in [0.25, 0.3) is 0 Å². The monoisotopic (exact) mass is 298 g/mol. The Morgan fingerprint density at radius 2 is 2.41 bits per heavy atom. The molecule has 2 rings (SSSR count). The molecule has 0 radical (unpaired) electrons. The minimum absolute atomic E-state index is 0.0233. The summed E-state index contributed by atoms with van der Waals surface area (Å²) >= 11 is 3.40. The van der Waals surface area contributed by atoms with E-state index in [1.807, 2.05) is 13.0 Å². The van der Waals surface area contributed by atoms with Crippen LogP contribution in [0.2, 0.25) is 0 Å². The molecule has 1 aromatic heterocycles. The number of hydrogen-bond acceptors (Lipinski definition) is 4. The van der Waals surface area contributed by atoms with Crippen LogP contribution < -0.4 is 4.90 Å². The summed E-state index contributed by atoms with van der Waals surface area (Å²) in [6.45, 7) is 3.58. The van der Waals surface area contributed by atoms with Crippen molar-refractivity contribution >= 4 is 27.7 Å². The molecule has 92 valence electrons. The van der Waals surface area contributed by atoms with Gasteiger partial charge in [-0.1, -0.05) is 0 Å². The summed E-state index contributed by atoms with van der Waals surface area (Å²) in [6.07, 6.45) is 2.62. The first-order valence-corrected chi connectivity index (χ1v) is 6.36. The fourth-order valence-electron chi connectivity index (χ4n) is 2.18. The zero-order valence-corrected chi connectivity index (χ0v) is 11.5. The van der Waals surface area contributed by atoms with Gasteiger partial charge in [-0.2, -0.15) is 0 Å². The van der Waals surface area contributed by atoms with Gasteiger partial charge < -0.3 is 9.64 Å². The van der Waals surface area contributed by atoms with E-state index >= 15 is 0 Å². The fraction of sp³-hybridized carbons (Fsp3) is 0.500. The maximum absolute atomic E-state index is 11.5. The number of anilines is 1. The van der Waals surface area contributed by atoms with E-state index in [0.717, 1.165) is 28.8 Å². The van der Waals surface area contributed by atoms with Crippen LogP contribution in [0.25, 0.3) is 0 Å². The molecule has 5 heteroatoms. The molecule has 0 N–H and O–H groups in total. The van der Waals surface area contributed by atoms with Crippen molar-refractivity contribution < 1.29 is 9.53 Å². The summed E-state index contributed by atoms with van der Waals surface area (Å²) in [5, 5.41) is 0. The Labute approximate surface area is 109 Å². The summed E-state index contributed by atoms with van der Waals surface area (Å²) < 4.78 is 5.75. The summed E-state index contributed by atoms with van der Waals surface area (Å²) in [5.41, 5.74) is 1.12. The van der Waals surface area contributed by atoms with Crippen LogP contribution in [-0.4, -0.2) is 31.2 Å².